The van der Waals surface area contributed by atoms with Gasteiger partial charge in [0.15, 0.2) is 0 Å². The van der Waals surface area contributed by atoms with E-state index in [2.05, 4.69) is 5.32 Å². The number of hydrogen-bond acceptors (Lipinski definition) is 6. The van der Waals surface area contributed by atoms with Crippen LogP contribution < -0.4 is 10.1 Å². The van der Waals surface area contributed by atoms with E-state index < -0.39 is 23.6 Å². The molecule has 0 spiro atoms. The minimum Gasteiger partial charge on any atom is -0.497 e. The Morgan fingerprint density at radius 1 is 1.06 bits per heavy atom. The van der Waals surface area contributed by atoms with Gasteiger partial charge in [-0.15, -0.1) is 0 Å². The molecular weight excluding hydrogens is 436 g/mol. The molecule has 0 saturated carbocycles. The van der Waals surface area contributed by atoms with Gasteiger partial charge in [0.25, 0.3) is 11.8 Å². The number of ether oxygens (including phenoxy) is 3. The maximum absolute atomic E-state index is 13.2. The highest BCUT2D eigenvalue weighted by Crippen LogP contribution is 2.16. The second-order valence-electron chi connectivity index (χ2n) is 8.22. The fraction of sp³-hybridized carbons (Fsp3) is 0.423. The lowest BCUT2D eigenvalue weighted by molar-refractivity contribution is -0.145. The Labute approximate surface area is 200 Å². The Morgan fingerprint density at radius 3 is 2.68 bits per heavy atom. The number of methoxy groups -OCH3 is 1. The maximum Gasteiger partial charge on any atom is 0.292 e. The Balaban J connectivity index is 1.74. The number of carbonyl (C=O) groups excluding carboxylic acids is 3. The Hall–Kier alpha value is -3.23. The molecule has 8 nitrogen and oxygen atoms in total. The first-order chi connectivity index (χ1) is 16.5. The highest BCUT2D eigenvalue weighted by Gasteiger charge is 2.30. The molecule has 0 saturated heterocycles. The first-order valence-electron chi connectivity index (χ1n) is 11.5. The van der Waals surface area contributed by atoms with Crippen LogP contribution in [0.1, 0.15) is 40.7 Å². The van der Waals surface area contributed by atoms with Crippen molar-refractivity contribution in [2.75, 3.05) is 34.0 Å². The van der Waals surface area contributed by atoms with E-state index in [9.17, 15) is 14.4 Å². The van der Waals surface area contributed by atoms with Gasteiger partial charge in [-0.05, 0) is 48.6 Å². The average Bonchev–Trinajstić information content (AvgIpc) is 2.85. The zero-order chi connectivity index (χ0) is 24.3. The van der Waals surface area contributed by atoms with Crippen LogP contribution in [0.3, 0.4) is 0 Å². The van der Waals surface area contributed by atoms with Crippen molar-refractivity contribution < 1.29 is 28.6 Å². The molecule has 0 fully saturated rings. The van der Waals surface area contributed by atoms with Crippen LogP contribution in [-0.4, -0.2) is 62.5 Å². The van der Waals surface area contributed by atoms with Gasteiger partial charge in [-0.1, -0.05) is 30.3 Å². The molecular formula is C26H32N2O6. The number of fused-ring (bicyclic) bond motifs is 1. The van der Waals surface area contributed by atoms with Crippen LogP contribution in [0.2, 0.25) is 0 Å². The van der Waals surface area contributed by atoms with Crippen molar-refractivity contribution in [3.05, 3.63) is 65.2 Å². The maximum atomic E-state index is 13.2. The van der Waals surface area contributed by atoms with Gasteiger partial charge in [-0.2, -0.15) is 0 Å². The number of likely N-dealkylation sites (N-methyl/N-ethyl adjacent to an activating group) is 1. The summed E-state index contributed by atoms with van der Waals surface area (Å²) in [7, 11) is 3.15. The number of benzene rings is 2. The van der Waals surface area contributed by atoms with Crippen molar-refractivity contribution in [2.24, 2.45) is 0 Å². The Bertz CT molecular complexity index is 993. The number of amides is 2. The van der Waals surface area contributed by atoms with Crippen LogP contribution >= 0.6 is 0 Å². The summed E-state index contributed by atoms with van der Waals surface area (Å²) < 4.78 is 16.4. The number of rotatable bonds is 5. The Morgan fingerprint density at radius 2 is 1.85 bits per heavy atom. The lowest BCUT2D eigenvalue weighted by Crippen LogP contribution is -2.48. The minimum atomic E-state index is -0.926. The molecule has 34 heavy (non-hydrogen) atoms. The molecule has 1 heterocycles. The van der Waals surface area contributed by atoms with Gasteiger partial charge < -0.3 is 24.4 Å². The van der Waals surface area contributed by atoms with Crippen LogP contribution in [-0.2, 0) is 32.2 Å². The first kappa shape index (κ1) is 25.4. The van der Waals surface area contributed by atoms with Gasteiger partial charge in [0, 0.05) is 25.8 Å². The molecule has 1 unspecified atom stereocenters. The van der Waals surface area contributed by atoms with E-state index in [-0.39, 0.29) is 13.2 Å². The summed E-state index contributed by atoms with van der Waals surface area (Å²) in [6.07, 6.45) is 1.70. The second kappa shape index (κ2) is 12.9. The molecule has 1 aliphatic rings. The molecule has 0 aliphatic carbocycles. The largest absolute Gasteiger partial charge is 0.497 e. The highest BCUT2D eigenvalue weighted by atomic mass is 16.5. The summed E-state index contributed by atoms with van der Waals surface area (Å²) in [6, 6.07) is 13.5. The summed E-state index contributed by atoms with van der Waals surface area (Å²) in [5, 5.41) is 2.79. The van der Waals surface area contributed by atoms with E-state index in [0.717, 1.165) is 5.56 Å². The first-order valence-corrected chi connectivity index (χ1v) is 11.5. The van der Waals surface area contributed by atoms with E-state index in [0.29, 0.717) is 56.0 Å². The summed E-state index contributed by atoms with van der Waals surface area (Å²) in [5.41, 5.74) is 1.98. The molecule has 182 valence electrons. The number of nitrogens with zero attached hydrogens (tertiary/aromatic N) is 1. The minimum absolute atomic E-state index is 0.246. The van der Waals surface area contributed by atoms with E-state index in [1.807, 2.05) is 36.4 Å². The highest BCUT2D eigenvalue weighted by molar-refractivity contribution is 6.38. The number of hydrogen-bond donors (Lipinski definition) is 1. The summed E-state index contributed by atoms with van der Waals surface area (Å²) >= 11 is 0. The molecule has 1 atom stereocenters. The molecule has 3 rings (SSSR count). The topological polar surface area (TPSA) is 94.2 Å². The Kier molecular flexibility index (Phi) is 9.61. The number of nitrogens with one attached hydrogen (secondary N) is 1. The smallest absolute Gasteiger partial charge is 0.292 e. The van der Waals surface area contributed by atoms with Gasteiger partial charge in [0.2, 0.25) is 5.78 Å². The third-order valence-electron chi connectivity index (χ3n) is 5.66. The number of ketones is 1. The van der Waals surface area contributed by atoms with Crippen molar-refractivity contribution in [3.8, 4) is 5.75 Å². The molecule has 2 amide bonds. The van der Waals surface area contributed by atoms with Crippen LogP contribution in [0.4, 0.5) is 0 Å². The fourth-order valence-electron chi connectivity index (χ4n) is 3.78. The molecule has 0 radical (unpaired) electrons. The van der Waals surface area contributed by atoms with E-state index in [4.69, 9.17) is 14.2 Å². The third-order valence-corrected chi connectivity index (χ3v) is 5.66. The third kappa shape index (κ3) is 7.13. The van der Waals surface area contributed by atoms with Crippen molar-refractivity contribution in [1.82, 2.24) is 10.2 Å². The van der Waals surface area contributed by atoms with Gasteiger partial charge >= 0.3 is 0 Å². The predicted octanol–water partition coefficient (Wildman–Crippen LogP) is 2.74. The van der Waals surface area contributed by atoms with Crippen LogP contribution in [0.5, 0.6) is 5.75 Å². The van der Waals surface area contributed by atoms with Gasteiger partial charge in [-0.3, -0.25) is 14.4 Å². The summed E-state index contributed by atoms with van der Waals surface area (Å²) in [4.78, 5) is 40.6. The van der Waals surface area contributed by atoms with Crippen molar-refractivity contribution in [2.45, 2.75) is 38.5 Å². The molecule has 0 aromatic heterocycles. The van der Waals surface area contributed by atoms with Crippen LogP contribution in [0.15, 0.2) is 48.5 Å². The van der Waals surface area contributed by atoms with E-state index in [1.165, 1.54) is 4.90 Å². The zero-order valence-electron chi connectivity index (χ0n) is 19.7. The van der Waals surface area contributed by atoms with Crippen LogP contribution in [0.25, 0.3) is 0 Å². The average molecular weight is 469 g/mol. The standard InChI is InChI=1S/C26H32N2O6/c1-28(17-19-8-7-10-21(16-19)32-2)26(31)24(29)23-12-5-6-13-33-14-15-34-18-20-9-3-4-11-22(20)25(30)27-23/h3-4,7-11,16,23H,5-6,12-15,17-18H2,1-2H3,(H,27,30). The van der Waals surface area contributed by atoms with Gasteiger partial charge in [-0.25, -0.2) is 0 Å². The van der Waals surface area contributed by atoms with Crippen LogP contribution in [0, 0.1) is 0 Å². The number of Topliss-reactive ketones (excluding diaryl/α,β-unsaturated/α-hetero) is 1. The van der Waals surface area contributed by atoms with Crippen molar-refractivity contribution in [1.29, 1.82) is 0 Å². The lowest BCUT2D eigenvalue weighted by atomic mass is 10.0. The van der Waals surface area contributed by atoms with Crippen molar-refractivity contribution >= 4 is 17.6 Å². The van der Waals surface area contributed by atoms with Crippen molar-refractivity contribution in [3.63, 3.8) is 0 Å². The fourth-order valence-corrected chi connectivity index (χ4v) is 3.78. The molecule has 1 aliphatic heterocycles. The van der Waals surface area contributed by atoms with E-state index >= 15 is 0 Å². The normalized spacial score (nSPS) is 17.6. The van der Waals surface area contributed by atoms with E-state index in [1.54, 1.807) is 26.3 Å². The molecule has 2 aromatic rings. The second-order valence-corrected chi connectivity index (χ2v) is 8.22. The van der Waals surface area contributed by atoms with Gasteiger partial charge in [0.1, 0.15) is 5.75 Å². The summed E-state index contributed by atoms with van der Waals surface area (Å²) in [6.45, 7) is 1.93. The molecule has 0 bridgehead atoms. The quantitative estimate of drug-likeness (QED) is 0.679. The predicted molar refractivity (Wildman–Crippen MR) is 126 cm³/mol. The number of carbonyl (C=O) groups is 3. The lowest BCUT2D eigenvalue weighted by Gasteiger charge is -2.22. The SMILES string of the molecule is COc1cccc(CN(C)C(=O)C(=O)C2CCCCOCCOCc3ccccc3C(=O)N2)c1. The van der Waals surface area contributed by atoms with Gasteiger partial charge in [0.05, 0.1) is 33.0 Å². The monoisotopic (exact) mass is 468 g/mol. The molecule has 2 aromatic carbocycles. The molecule has 8 heteroatoms. The zero-order valence-corrected chi connectivity index (χ0v) is 19.7. The molecule has 1 N–H and O–H groups in total. The summed E-state index contributed by atoms with van der Waals surface area (Å²) in [5.74, 6) is -1.01.